The number of nitrogens with zero attached hydrogens (tertiary/aromatic N) is 4. The Labute approximate surface area is 448 Å². The number of hydrogen-bond donors (Lipinski definition) is 0. The molecule has 0 fully saturated rings. The highest BCUT2D eigenvalue weighted by atomic mass is 19.1. The predicted octanol–water partition coefficient (Wildman–Crippen LogP) is 19.6. The minimum atomic E-state index is -0.267. The van der Waals surface area contributed by atoms with Gasteiger partial charge in [-0.2, -0.15) is 0 Å². The van der Waals surface area contributed by atoms with Crippen molar-refractivity contribution in [2.45, 2.75) is 12.0 Å². The molecule has 0 saturated carbocycles. The number of hydrogen-bond acceptors (Lipinski definition) is 3. The highest BCUT2D eigenvalue weighted by Gasteiger charge is 2.38. The van der Waals surface area contributed by atoms with E-state index in [4.69, 9.17) is 0 Å². The molecule has 77 heavy (non-hydrogen) atoms. The van der Waals surface area contributed by atoms with E-state index < -0.39 is 0 Å². The monoisotopic (exact) mass is 990 g/mol. The van der Waals surface area contributed by atoms with Crippen LogP contribution in [0.3, 0.4) is 0 Å². The molecule has 1 aromatic heterocycles. The summed E-state index contributed by atoms with van der Waals surface area (Å²) in [5.41, 5.74) is 18.8. The van der Waals surface area contributed by atoms with Gasteiger partial charge in [0, 0.05) is 73.4 Å². The van der Waals surface area contributed by atoms with Gasteiger partial charge in [-0.3, -0.25) is 0 Å². The van der Waals surface area contributed by atoms with Crippen molar-refractivity contribution in [1.82, 2.24) is 4.57 Å². The molecule has 0 saturated heterocycles. The number of aromatic nitrogens is 1. The lowest BCUT2D eigenvalue weighted by molar-refractivity contribution is 0.627. The Morgan fingerprint density at radius 1 is 0.364 bits per heavy atom. The summed E-state index contributed by atoms with van der Waals surface area (Å²) in [6.45, 7) is 0. The number of anilines is 8. The van der Waals surface area contributed by atoms with Crippen LogP contribution in [-0.4, -0.2) is 10.6 Å². The first-order valence-electron chi connectivity index (χ1n) is 26.4. The molecular formula is C72H51FN4. The fourth-order valence-corrected chi connectivity index (χ4v) is 11.9. The zero-order valence-electron chi connectivity index (χ0n) is 42.1. The standard InChI is InChI=1S/C72H51FN4/c73-53-35-39-60(40-36-53)77-71(52-21-8-2-9-22-52)70(51-19-6-1-7-20-51)66-47-46-63-62(30-18-31-65(63)72(66)77)50-33-37-57(38-34-50)75(59-43-41-58(42-44-59)74(54-23-10-3-11-24-54)55-25-12-4-13-26-55)61-45-48-69-67(49-61)64-29-16-17-32-68(64)76(69)56-27-14-5-15-28-56/h1-49,64,68H. The Kier molecular flexibility index (Phi) is 11.5. The molecule has 1 aliphatic carbocycles. The van der Waals surface area contributed by atoms with Gasteiger partial charge in [0.05, 0.1) is 17.3 Å². The van der Waals surface area contributed by atoms with E-state index in [0.29, 0.717) is 0 Å². The molecule has 366 valence electrons. The fraction of sp³-hybridized carbons (Fsp3) is 0.0278. The van der Waals surface area contributed by atoms with E-state index in [-0.39, 0.29) is 17.8 Å². The van der Waals surface area contributed by atoms with Crippen LogP contribution in [0.2, 0.25) is 0 Å². The van der Waals surface area contributed by atoms with Crippen LogP contribution in [0.25, 0.3) is 60.9 Å². The Hall–Kier alpha value is -9.97. The average Bonchev–Trinajstić information content (AvgIpc) is 4.13. The van der Waals surface area contributed by atoms with Gasteiger partial charge in [-0.05, 0) is 148 Å². The molecule has 0 bridgehead atoms. The van der Waals surface area contributed by atoms with Crippen molar-refractivity contribution in [3.05, 3.63) is 309 Å². The minimum Gasteiger partial charge on any atom is -0.333 e. The topological polar surface area (TPSA) is 14.7 Å². The lowest BCUT2D eigenvalue weighted by Gasteiger charge is -2.29. The van der Waals surface area contributed by atoms with Crippen LogP contribution in [0.5, 0.6) is 0 Å². The summed E-state index contributed by atoms with van der Waals surface area (Å²) in [6, 6.07) is 96.3. The van der Waals surface area contributed by atoms with E-state index in [0.717, 1.165) is 95.0 Å². The van der Waals surface area contributed by atoms with Crippen LogP contribution in [0, 0.1) is 5.82 Å². The second-order valence-corrected chi connectivity index (χ2v) is 19.8. The van der Waals surface area contributed by atoms with Crippen molar-refractivity contribution in [3.8, 4) is 39.2 Å². The van der Waals surface area contributed by atoms with E-state index in [1.807, 2.05) is 12.1 Å². The number of benzene rings is 11. The molecule has 5 heteroatoms. The summed E-state index contributed by atoms with van der Waals surface area (Å²) >= 11 is 0. The van der Waals surface area contributed by atoms with E-state index >= 15 is 0 Å². The van der Waals surface area contributed by atoms with Crippen LogP contribution in [0.15, 0.2) is 297 Å². The summed E-state index contributed by atoms with van der Waals surface area (Å²) in [5, 5.41) is 3.37. The molecule has 0 radical (unpaired) electrons. The lowest BCUT2D eigenvalue weighted by atomic mass is 9.91. The van der Waals surface area contributed by atoms with Crippen LogP contribution >= 0.6 is 0 Å². The van der Waals surface area contributed by atoms with E-state index in [1.165, 1.54) is 16.9 Å². The van der Waals surface area contributed by atoms with Gasteiger partial charge in [0.1, 0.15) is 5.82 Å². The zero-order chi connectivity index (χ0) is 51.2. The van der Waals surface area contributed by atoms with Crippen molar-refractivity contribution in [2.75, 3.05) is 14.7 Å². The molecule has 0 spiro atoms. The molecule has 2 unspecified atom stereocenters. The smallest absolute Gasteiger partial charge is 0.123 e. The highest BCUT2D eigenvalue weighted by molar-refractivity contribution is 6.18. The van der Waals surface area contributed by atoms with Crippen LogP contribution in [-0.2, 0) is 0 Å². The predicted molar refractivity (Wildman–Crippen MR) is 320 cm³/mol. The van der Waals surface area contributed by atoms with E-state index in [2.05, 4.69) is 292 Å². The molecule has 2 aliphatic rings. The van der Waals surface area contributed by atoms with Crippen LogP contribution in [0.4, 0.5) is 49.9 Å². The molecule has 11 aromatic carbocycles. The molecular weight excluding hydrogens is 940 g/mol. The first-order valence-corrected chi connectivity index (χ1v) is 26.4. The molecule has 0 N–H and O–H groups in total. The van der Waals surface area contributed by atoms with E-state index in [1.54, 1.807) is 12.1 Å². The fourth-order valence-electron chi connectivity index (χ4n) is 11.9. The van der Waals surface area contributed by atoms with Gasteiger partial charge in [-0.15, -0.1) is 0 Å². The highest BCUT2D eigenvalue weighted by Crippen LogP contribution is 2.51. The van der Waals surface area contributed by atoms with Crippen molar-refractivity contribution in [3.63, 3.8) is 0 Å². The number of halogens is 1. The molecule has 0 amide bonds. The maximum absolute atomic E-state index is 14.7. The third-order valence-corrected chi connectivity index (χ3v) is 15.3. The quantitative estimate of drug-likeness (QED) is 0.128. The third kappa shape index (κ3) is 8.08. The average molecular weight is 991 g/mol. The maximum Gasteiger partial charge on any atom is 0.123 e. The molecule has 4 nitrogen and oxygen atoms in total. The SMILES string of the molecule is Fc1ccc(-n2c(-c3ccccc3)c(-c3ccccc3)c3ccc4c(-c5ccc(N(c6ccc(N(c7ccccc7)c7ccccc7)cc6)c6ccc7c(c6)C6C=CC=CC6N7c6ccccc6)cc5)cccc4c32)cc1. The van der Waals surface area contributed by atoms with Crippen LogP contribution in [0.1, 0.15) is 11.5 Å². The minimum absolute atomic E-state index is 0.178. The van der Waals surface area contributed by atoms with Gasteiger partial charge in [0.25, 0.3) is 0 Å². The van der Waals surface area contributed by atoms with Gasteiger partial charge in [0.15, 0.2) is 0 Å². The summed E-state index contributed by atoms with van der Waals surface area (Å²) in [7, 11) is 0. The molecule has 12 aromatic rings. The number of rotatable bonds is 11. The first-order chi connectivity index (χ1) is 38.1. The second kappa shape index (κ2) is 19.4. The van der Waals surface area contributed by atoms with Crippen molar-refractivity contribution in [2.24, 2.45) is 0 Å². The largest absolute Gasteiger partial charge is 0.333 e. The Morgan fingerprint density at radius 3 is 1.52 bits per heavy atom. The third-order valence-electron chi connectivity index (χ3n) is 15.3. The Morgan fingerprint density at radius 2 is 0.883 bits per heavy atom. The summed E-state index contributed by atoms with van der Waals surface area (Å²) in [4.78, 5) is 7.18. The second-order valence-electron chi connectivity index (χ2n) is 19.8. The van der Waals surface area contributed by atoms with Crippen molar-refractivity contribution < 1.29 is 4.39 Å². The summed E-state index contributed by atoms with van der Waals surface area (Å²) < 4.78 is 17.0. The Balaban J connectivity index is 0.915. The van der Waals surface area contributed by atoms with Crippen molar-refractivity contribution in [1.29, 1.82) is 0 Å². The van der Waals surface area contributed by atoms with Crippen molar-refractivity contribution >= 4 is 67.2 Å². The summed E-state index contributed by atoms with van der Waals surface area (Å²) in [6.07, 6.45) is 9.06. The Bertz CT molecular complexity index is 4100. The normalized spacial score (nSPS) is 14.4. The summed E-state index contributed by atoms with van der Waals surface area (Å²) in [5.74, 6) is -0.0707. The number of fused-ring (bicyclic) bond motifs is 6. The van der Waals surface area contributed by atoms with Gasteiger partial charge in [-0.25, -0.2) is 4.39 Å². The van der Waals surface area contributed by atoms with E-state index in [9.17, 15) is 4.39 Å². The lowest BCUT2D eigenvalue weighted by Crippen LogP contribution is -2.28. The maximum atomic E-state index is 14.7. The van der Waals surface area contributed by atoms with Gasteiger partial charge < -0.3 is 19.3 Å². The molecule has 2 heterocycles. The van der Waals surface area contributed by atoms with Gasteiger partial charge in [-0.1, -0.05) is 182 Å². The molecule has 1 aliphatic heterocycles. The van der Waals surface area contributed by atoms with Gasteiger partial charge >= 0.3 is 0 Å². The van der Waals surface area contributed by atoms with Crippen LogP contribution < -0.4 is 14.7 Å². The number of para-hydroxylation sites is 3. The first kappa shape index (κ1) is 45.6. The van der Waals surface area contributed by atoms with Gasteiger partial charge in [0.2, 0.25) is 0 Å². The number of allylic oxidation sites excluding steroid dienone is 2. The molecule has 2 atom stereocenters. The molecule has 14 rings (SSSR count). The zero-order valence-corrected chi connectivity index (χ0v) is 42.1.